The van der Waals surface area contributed by atoms with Gasteiger partial charge in [0.15, 0.2) is 0 Å². The second-order valence-electron chi connectivity index (χ2n) is 5.92. The molecule has 0 fully saturated rings. The first-order valence-corrected chi connectivity index (χ1v) is 8.30. The van der Waals surface area contributed by atoms with Gasteiger partial charge in [0.2, 0.25) is 0 Å². The quantitative estimate of drug-likeness (QED) is 0.483. The van der Waals surface area contributed by atoms with Gasteiger partial charge >= 0.3 is 5.97 Å². The lowest BCUT2D eigenvalue weighted by Gasteiger charge is -2.15. The van der Waals surface area contributed by atoms with E-state index < -0.39 is 6.10 Å². The summed E-state index contributed by atoms with van der Waals surface area (Å²) in [4.78, 5) is 11.6. The van der Waals surface area contributed by atoms with Crippen molar-refractivity contribution in [2.45, 2.75) is 52.2 Å². The number of esters is 1. The van der Waals surface area contributed by atoms with E-state index in [1.165, 1.54) is 0 Å². The van der Waals surface area contributed by atoms with Crippen LogP contribution in [0.4, 0.5) is 0 Å². The number of unbranched alkanes of at least 4 members (excludes halogenated alkanes) is 1. The molecule has 130 valence electrons. The number of carbonyl (C=O) groups is 1. The van der Waals surface area contributed by atoms with Gasteiger partial charge in [-0.05, 0) is 24.1 Å². The van der Waals surface area contributed by atoms with Gasteiger partial charge in [0, 0.05) is 12.6 Å². The van der Waals surface area contributed by atoms with E-state index in [2.05, 4.69) is 12.2 Å². The first kappa shape index (κ1) is 19.5. The predicted octanol–water partition coefficient (Wildman–Crippen LogP) is 2.31. The van der Waals surface area contributed by atoms with E-state index in [0.29, 0.717) is 24.9 Å². The van der Waals surface area contributed by atoms with E-state index in [4.69, 9.17) is 9.47 Å². The Balaban J connectivity index is 2.31. The molecule has 5 heteroatoms. The average Bonchev–Trinajstić information content (AvgIpc) is 2.52. The Hall–Kier alpha value is -1.59. The normalized spacial score (nSPS) is 12.2. The minimum atomic E-state index is -0.550. The van der Waals surface area contributed by atoms with E-state index in [-0.39, 0.29) is 19.0 Å². The van der Waals surface area contributed by atoms with Crippen LogP contribution in [0.5, 0.6) is 5.75 Å². The van der Waals surface area contributed by atoms with E-state index in [0.717, 1.165) is 18.4 Å². The number of carbonyl (C=O) groups excluding carboxylic acids is 1. The highest BCUT2D eigenvalue weighted by Crippen LogP contribution is 2.13. The van der Waals surface area contributed by atoms with Crippen molar-refractivity contribution in [3.63, 3.8) is 0 Å². The first-order valence-electron chi connectivity index (χ1n) is 8.30. The number of hydrogen-bond acceptors (Lipinski definition) is 5. The summed E-state index contributed by atoms with van der Waals surface area (Å²) in [6.07, 6.45) is 1.63. The number of benzene rings is 1. The van der Waals surface area contributed by atoms with Gasteiger partial charge in [0.25, 0.3) is 0 Å². The molecule has 1 rings (SSSR count). The van der Waals surface area contributed by atoms with Crippen molar-refractivity contribution in [3.8, 4) is 5.75 Å². The van der Waals surface area contributed by atoms with Gasteiger partial charge in [-0.2, -0.15) is 0 Å². The van der Waals surface area contributed by atoms with Crippen molar-refractivity contribution >= 4 is 5.97 Å². The molecule has 0 unspecified atom stereocenters. The van der Waals surface area contributed by atoms with Gasteiger partial charge in [0.1, 0.15) is 18.5 Å². The molecular formula is C18H29NO4. The standard InChI is InChI=1S/C18H29NO4/c1-4-5-10-22-18(21)11-15-6-8-17(9-7-15)23-13-16(20)12-19-14(2)3/h6-9,14,16,19-20H,4-5,10-13H2,1-3H3/t16-/m1/s1. The molecule has 0 saturated heterocycles. The molecule has 0 amide bonds. The maximum Gasteiger partial charge on any atom is 0.310 e. The lowest BCUT2D eigenvalue weighted by molar-refractivity contribution is -0.142. The van der Waals surface area contributed by atoms with Crippen LogP contribution < -0.4 is 10.1 Å². The van der Waals surface area contributed by atoms with Crippen molar-refractivity contribution in [2.24, 2.45) is 0 Å². The van der Waals surface area contributed by atoms with Crippen LogP contribution in [0, 0.1) is 0 Å². The largest absolute Gasteiger partial charge is 0.491 e. The lowest BCUT2D eigenvalue weighted by atomic mass is 10.1. The van der Waals surface area contributed by atoms with Crippen molar-refractivity contribution < 1.29 is 19.4 Å². The van der Waals surface area contributed by atoms with Gasteiger partial charge in [-0.25, -0.2) is 0 Å². The minimum Gasteiger partial charge on any atom is -0.491 e. The van der Waals surface area contributed by atoms with Crippen molar-refractivity contribution in [3.05, 3.63) is 29.8 Å². The summed E-state index contributed by atoms with van der Waals surface area (Å²) >= 11 is 0. The number of aliphatic hydroxyl groups is 1. The Morgan fingerprint density at radius 1 is 1.26 bits per heavy atom. The molecule has 0 aromatic heterocycles. The first-order chi connectivity index (χ1) is 11.0. The van der Waals surface area contributed by atoms with E-state index >= 15 is 0 Å². The third-order valence-corrected chi connectivity index (χ3v) is 3.24. The summed E-state index contributed by atoms with van der Waals surface area (Å²) in [5.74, 6) is 0.471. The Bertz CT molecular complexity index is 445. The Morgan fingerprint density at radius 3 is 2.57 bits per heavy atom. The molecule has 0 heterocycles. The van der Waals surface area contributed by atoms with Crippen LogP contribution in [0.2, 0.25) is 0 Å². The van der Waals surface area contributed by atoms with Crippen LogP contribution in [0.3, 0.4) is 0 Å². The highest BCUT2D eigenvalue weighted by Gasteiger charge is 2.07. The topological polar surface area (TPSA) is 67.8 Å². The molecule has 23 heavy (non-hydrogen) atoms. The third kappa shape index (κ3) is 9.21. The fourth-order valence-corrected chi connectivity index (χ4v) is 1.87. The average molecular weight is 323 g/mol. The molecule has 1 aromatic rings. The van der Waals surface area contributed by atoms with Crippen LogP contribution >= 0.6 is 0 Å². The number of rotatable bonds is 11. The molecule has 0 aliphatic rings. The van der Waals surface area contributed by atoms with E-state index in [9.17, 15) is 9.90 Å². The summed E-state index contributed by atoms with van der Waals surface area (Å²) < 4.78 is 10.7. The number of hydrogen-bond donors (Lipinski definition) is 2. The van der Waals surface area contributed by atoms with Crippen molar-refractivity contribution in [1.82, 2.24) is 5.32 Å². The van der Waals surface area contributed by atoms with Gasteiger partial charge < -0.3 is 19.9 Å². The molecule has 1 aromatic carbocycles. The Kier molecular flexibility index (Phi) is 9.33. The zero-order valence-corrected chi connectivity index (χ0v) is 14.4. The highest BCUT2D eigenvalue weighted by atomic mass is 16.5. The molecule has 0 radical (unpaired) electrons. The maximum absolute atomic E-state index is 11.6. The second kappa shape index (κ2) is 11.0. The number of nitrogens with one attached hydrogen (secondary N) is 1. The fraction of sp³-hybridized carbons (Fsp3) is 0.611. The van der Waals surface area contributed by atoms with Crippen LogP contribution in [0.1, 0.15) is 39.2 Å². The summed E-state index contributed by atoms with van der Waals surface area (Å²) in [5, 5.41) is 12.9. The van der Waals surface area contributed by atoms with Gasteiger partial charge in [-0.15, -0.1) is 0 Å². The SMILES string of the molecule is CCCCOC(=O)Cc1ccc(OC[C@H](O)CNC(C)C)cc1. The van der Waals surface area contributed by atoms with Gasteiger partial charge in [-0.3, -0.25) is 4.79 Å². The minimum absolute atomic E-state index is 0.206. The summed E-state index contributed by atoms with van der Waals surface area (Å²) in [6, 6.07) is 7.62. The van der Waals surface area contributed by atoms with Crippen LogP contribution in [-0.2, 0) is 16.0 Å². The van der Waals surface area contributed by atoms with E-state index in [1.807, 2.05) is 26.0 Å². The van der Waals surface area contributed by atoms with Crippen molar-refractivity contribution in [1.29, 1.82) is 0 Å². The Labute approximate surface area is 139 Å². The van der Waals surface area contributed by atoms with Gasteiger partial charge in [-0.1, -0.05) is 39.3 Å². The number of ether oxygens (including phenoxy) is 2. The zero-order valence-electron chi connectivity index (χ0n) is 14.4. The molecule has 2 N–H and O–H groups in total. The molecule has 0 aliphatic carbocycles. The lowest BCUT2D eigenvalue weighted by Crippen LogP contribution is -2.35. The molecule has 1 atom stereocenters. The zero-order chi connectivity index (χ0) is 17.1. The van der Waals surface area contributed by atoms with Gasteiger partial charge in [0.05, 0.1) is 13.0 Å². The number of aliphatic hydroxyl groups excluding tert-OH is 1. The smallest absolute Gasteiger partial charge is 0.310 e. The summed E-state index contributed by atoms with van der Waals surface area (Å²) in [5.41, 5.74) is 0.890. The second-order valence-corrected chi connectivity index (χ2v) is 5.92. The molecular weight excluding hydrogens is 294 g/mol. The van der Waals surface area contributed by atoms with Crippen molar-refractivity contribution in [2.75, 3.05) is 19.8 Å². The molecule has 0 aliphatic heterocycles. The molecule has 0 spiro atoms. The highest BCUT2D eigenvalue weighted by molar-refractivity contribution is 5.72. The fourth-order valence-electron chi connectivity index (χ4n) is 1.87. The summed E-state index contributed by atoms with van der Waals surface area (Å²) in [6.45, 7) is 7.33. The predicted molar refractivity (Wildman–Crippen MR) is 90.7 cm³/mol. The monoisotopic (exact) mass is 323 g/mol. The molecule has 0 saturated carbocycles. The summed E-state index contributed by atoms with van der Waals surface area (Å²) in [7, 11) is 0. The molecule has 5 nitrogen and oxygen atoms in total. The third-order valence-electron chi connectivity index (χ3n) is 3.24. The van der Waals surface area contributed by atoms with E-state index in [1.54, 1.807) is 12.1 Å². The maximum atomic E-state index is 11.6. The van der Waals surface area contributed by atoms with Crippen LogP contribution in [0.15, 0.2) is 24.3 Å². The van der Waals surface area contributed by atoms with Crippen LogP contribution in [-0.4, -0.2) is 43.0 Å². The van der Waals surface area contributed by atoms with Crippen LogP contribution in [0.25, 0.3) is 0 Å². The molecule has 0 bridgehead atoms. The Morgan fingerprint density at radius 2 is 1.96 bits per heavy atom.